The number of hydrogen-bond donors (Lipinski definition) is 0. The summed E-state index contributed by atoms with van der Waals surface area (Å²) < 4.78 is 16.2. The van der Waals surface area contributed by atoms with Crippen molar-refractivity contribution in [2.24, 2.45) is 0 Å². The molecule has 0 bridgehead atoms. The summed E-state index contributed by atoms with van der Waals surface area (Å²) in [4.78, 5) is 11.9. The Kier molecular flexibility index (Phi) is 18.4. The molecule has 3 rings (SSSR count). The number of benzene rings is 3. The molecule has 0 aliphatic rings. The van der Waals surface area contributed by atoms with Crippen molar-refractivity contribution >= 4 is 18.1 Å². The third-order valence-electron chi connectivity index (χ3n) is 4.26. The van der Waals surface area contributed by atoms with E-state index in [1.807, 2.05) is 110 Å². The van der Waals surface area contributed by atoms with Crippen LogP contribution in [0.2, 0.25) is 0 Å². The zero-order valence-electron chi connectivity index (χ0n) is 23.1. The SMILES string of the molecule is CC.CC.CC.Cc1ccc(C=COCOc2ccc(OC(=O)C=Cc3ccc(C)cc3)cc2)cc1. The van der Waals surface area contributed by atoms with Gasteiger partial charge in [-0.15, -0.1) is 0 Å². The summed E-state index contributed by atoms with van der Waals surface area (Å²) in [6, 6.07) is 22.8. The molecule has 0 unspecified atom stereocenters. The minimum atomic E-state index is -0.436. The number of esters is 1. The van der Waals surface area contributed by atoms with Gasteiger partial charge < -0.3 is 14.2 Å². The Morgan fingerprint density at radius 3 is 1.58 bits per heavy atom. The quantitative estimate of drug-likeness (QED) is 0.0789. The van der Waals surface area contributed by atoms with Gasteiger partial charge in [0.05, 0.1) is 6.26 Å². The first-order chi connectivity index (χ1) is 17.6. The van der Waals surface area contributed by atoms with E-state index in [1.54, 1.807) is 36.6 Å². The molecule has 0 fully saturated rings. The minimum Gasteiger partial charge on any atom is -0.465 e. The lowest BCUT2D eigenvalue weighted by atomic mass is 10.1. The van der Waals surface area contributed by atoms with Crippen LogP contribution in [0.25, 0.3) is 12.2 Å². The second kappa shape index (κ2) is 20.6. The number of rotatable bonds is 8. The van der Waals surface area contributed by atoms with Crippen LogP contribution in [0.4, 0.5) is 0 Å². The molecule has 194 valence electrons. The van der Waals surface area contributed by atoms with Gasteiger partial charge in [0.2, 0.25) is 6.79 Å². The van der Waals surface area contributed by atoms with E-state index in [1.165, 1.54) is 17.2 Å². The molecule has 0 aromatic heterocycles. The molecular weight excluding hydrogens is 448 g/mol. The molecule has 0 heterocycles. The highest BCUT2D eigenvalue weighted by Crippen LogP contribution is 2.18. The Bertz CT molecular complexity index is 1000. The van der Waals surface area contributed by atoms with Crippen molar-refractivity contribution in [3.05, 3.63) is 107 Å². The molecule has 0 radical (unpaired) electrons. The zero-order chi connectivity index (χ0) is 27.2. The van der Waals surface area contributed by atoms with E-state index in [-0.39, 0.29) is 6.79 Å². The van der Waals surface area contributed by atoms with Crippen LogP contribution < -0.4 is 9.47 Å². The van der Waals surface area contributed by atoms with Crippen molar-refractivity contribution in [2.45, 2.75) is 55.4 Å². The Labute approximate surface area is 218 Å². The molecule has 0 spiro atoms. The summed E-state index contributed by atoms with van der Waals surface area (Å²) >= 11 is 0. The maximum absolute atomic E-state index is 11.9. The average Bonchev–Trinajstić information content (AvgIpc) is 2.93. The third-order valence-corrected chi connectivity index (χ3v) is 4.26. The van der Waals surface area contributed by atoms with Gasteiger partial charge in [-0.25, -0.2) is 4.79 Å². The van der Waals surface area contributed by atoms with Gasteiger partial charge >= 0.3 is 5.97 Å². The van der Waals surface area contributed by atoms with Crippen LogP contribution in [0.1, 0.15) is 63.8 Å². The smallest absolute Gasteiger partial charge is 0.336 e. The first kappa shape index (κ1) is 32.2. The second-order valence-electron chi connectivity index (χ2n) is 6.78. The van der Waals surface area contributed by atoms with Crippen LogP contribution in [-0.2, 0) is 9.53 Å². The fourth-order valence-corrected chi connectivity index (χ4v) is 2.54. The molecule has 4 nitrogen and oxygen atoms in total. The Hall–Kier alpha value is -3.79. The molecule has 0 saturated heterocycles. The van der Waals surface area contributed by atoms with Crippen LogP contribution >= 0.6 is 0 Å². The van der Waals surface area contributed by atoms with Crippen molar-refractivity contribution in [1.29, 1.82) is 0 Å². The van der Waals surface area contributed by atoms with Crippen LogP contribution in [-0.4, -0.2) is 12.8 Å². The van der Waals surface area contributed by atoms with Gasteiger partial charge in [-0.3, -0.25) is 0 Å². The van der Waals surface area contributed by atoms with Crippen molar-refractivity contribution < 1.29 is 19.0 Å². The summed E-state index contributed by atoms with van der Waals surface area (Å²) in [5.41, 5.74) is 4.39. The van der Waals surface area contributed by atoms with Crippen LogP contribution in [0, 0.1) is 13.8 Å². The summed E-state index contributed by atoms with van der Waals surface area (Å²) in [6.45, 7) is 16.1. The van der Waals surface area contributed by atoms with Gasteiger partial charge in [-0.1, -0.05) is 101 Å². The molecule has 0 saturated carbocycles. The highest BCUT2D eigenvalue weighted by molar-refractivity contribution is 5.88. The summed E-state index contributed by atoms with van der Waals surface area (Å²) in [5.74, 6) is 0.628. The van der Waals surface area contributed by atoms with Crippen molar-refractivity contribution in [3.63, 3.8) is 0 Å². The Morgan fingerprint density at radius 2 is 1.08 bits per heavy atom. The fraction of sp³-hybridized carbons (Fsp3) is 0.281. The molecule has 0 atom stereocenters. The minimum absolute atomic E-state index is 0.0841. The first-order valence-corrected chi connectivity index (χ1v) is 12.6. The number of carbonyl (C=O) groups excluding carboxylic acids is 1. The van der Waals surface area contributed by atoms with E-state index in [4.69, 9.17) is 14.2 Å². The Balaban J connectivity index is 0.00000190. The zero-order valence-corrected chi connectivity index (χ0v) is 23.1. The van der Waals surface area contributed by atoms with Crippen LogP contribution in [0.15, 0.2) is 85.1 Å². The van der Waals surface area contributed by atoms with E-state index in [2.05, 4.69) is 0 Å². The lowest BCUT2D eigenvalue weighted by Gasteiger charge is -2.06. The lowest BCUT2D eigenvalue weighted by Crippen LogP contribution is -2.04. The van der Waals surface area contributed by atoms with Crippen molar-refractivity contribution in [1.82, 2.24) is 0 Å². The van der Waals surface area contributed by atoms with Gasteiger partial charge in [0, 0.05) is 6.08 Å². The van der Waals surface area contributed by atoms with E-state index >= 15 is 0 Å². The highest BCUT2D eigenvalue weighted by atomic mass is 16.7. The van der Waals surface area contributed by atoms with Gasteiger partial charge in [0.1, 0.15) is 11.5 Å². The summed E-state index contributed by atoms with van der Waals surface area (Å²) in [7, 11) is 0. The standard InChI is InChI=1S/C26H24O4.3C2H6/c1-20-3-7-22(8-4-20)11-16-26(27)30-25-14-12-24(13-15-25)29-19-28-18-17-23-9-5-21(2)6-10-23;3*1-2/h3-18H,19H2,1-2H3;3*1-2H3. The first-order valence-electron chi connectivity index (χ1n) is 12.6. The molecule has 36 heavy (non-hydrogen) atoms. The molecule has 0 amide bonds. The van der Waals surface area contributed by atoms with E-state index in [0.717, 1.165) is 11.1 Å². The van der Waals surface area contributed by atoms with E-state index < -0.39 is 5.97 Å². The van der Waals surface area contributed by atoms with Crippen molar-refractivity contribution in [3.8, 4) is 11.5 Å². The maximum atomic E-state index is 11.9. The van der Waals surface area contributed by atoms with E-state index in [0.29, 0.717) is 11.5 Å². The van der Waals surface area contributed by atoms with Crippen LogP contribution in [0.3, 0.4) is 0 Å². The second-order valence-corrected chi connectivity index (χ2v) is 6.78. The molecule has 4 heteroatoms. The summed E-state index contributed by atoms with van der Waals surface area (Å²) in [5, 5.41) is 0. The van der Waals surface area contributed by atoms with Crippen LogP contribution in [0.5, 0.6) is 11.5 Å². The van der Waals surface area contributed by atoms with Gasteiger partial charge in [-0.2, -0.15) is 0 Å². The normalized spacial score (nSPS) is 9.67. The number of aryl methyl sites for hydroxylation is 2. The predicted octanol–water partition coefficient (Wildman–Crippen LogP) is 9.02. The third kappa shape index (κ3) is 13.8. The molecule has 3 aromatic rings. The average molecular weight is 491 g/mol. The molecular formula is C32H42O4. The largest absolute Gasteiger partial charge is 0.465 e. The predicted molar refractivity (Wildman–Crippen MR) is 153 cm³/mol. The van der Waals surface area contributed by atoms with Gasteiger partial charge in [-0.05, 0) is 61.4 Å². The number of carbonyl (C=O) groups is 1. The molecule has 0 aliphatic carbocycles. The molecule has 0 N–H and O–H groups in total. The monoisotopic (exact) mass is 490 g/mol. The molecule has 3 aromatic carbocycles. The fourth-order valence-electron chi connectivity index (χ4n) is 2.54. The summed E-state index contributed by atoms with van der Waals surface area (Å²) in [6.07, 6.45) is 6.60. The number of ether oxygens (including phenoxy) is 3. The van der Waals surface area contributed by atoms with Gasteiger partial charge in [0.15, 0.2) is 0 Å². The number of hydrogen-bond acceptors (Lipinski definition) is 4. The highest BCUT2D eigenvalue weighted by Gasteiger charge is 2.01. The van der Waals surface area contributed by atoms with Crippen molar-refractivity contribution in [2.75, 3.05) is 6.79 Å². The van der Waals surface area contributed by atoms with E-state index in [9.17, 15) is 4.79 Å². The topological polar surface area (TPSA) is 44.8 Å². The lowest BCUT2D eigenvalue weighted by molar-refractivity contribution is -0.128. The van der Waals surface area contributed by atoms with Gasteiger partial charge in [0.25, 0.3) is 0 Å². The Morgan fingerprint density at radius 1 is 0.639 bits per heavy atom. The maximum Gasteiger partial charge on any atom is 0.336 e. The molecule has 0 aliphatic heterocycles.